The van der Waals surface area contributed by atoms with E-state index < -0.39 is 0 Å². The summed E-state index contributed by atoms with van der Waals surface area (Å²) in [6.45, 7) is -0.0346. The van der Waals surface area contributed by atoms with E-state index in [0.717, 1.165) is 0 Å². The van der Waals surface area contributed by atoms with Gasteiger partial charge in [0, 0.05) is 6.07 Å². The van der Waals surface area contributed by atoms with Crippen molar-refractivity contribution in [2.24, 2.45) is 0 Å². The Morgan fingerprint density at radius 2 is 2.05 bits per heavy atom. The van der Waals surface area contributed by atoms with Gasteiger partial charge in [0.1, 0.15) is 18.1 Å². The standard InChI is InChI=1S/C16H14FN3O2/c17-12-4-3-5-13(10-12)22-15-7-2-1-6-14(15)20-11-16(21)19-9-8-18/h1-7,10,20H,9,11H2,(H,19,21). The van der Waals surface area contributed by atoms with Crippen molar-refractivity contribution in [2.45, 2.75) is 0 Å². The molecule has 0 heterocycles. The topological polar surface area (TPSA) is 74.2 Å². The largest absolute Gasteiger partial charge is 0.455 e. The lowest BCUT2D eigenvalue weighted by Crippen LogP contribution is -2.30. The van der Waals surface area contributed by atoms with Gasteiger partial charge in [0.15, 0.2) is 5.75 Å². The zero-order valence-corrected chi connectivity index (χ0v) is 11.7. The first kappa shape index (κ1) is 15.3. The summed E-state index contributed by atoms with van der Waals surface area (Å²) in [4.78, 5) is 11.5. The normalized spacial score (nSPS) is 9.64. The minimum atomic E-state index is -0.390. The van der Waals surface area contributed by atoms with Crippen molar-refractivity contribution in [1.82, 2.24) is 5.32 Å². The van der Waals surface area contributed by atoms with E-state index in [1.807, 2.05) is 6.07 Å². The smallest absolute Gasteiger partial charge is 0.240 e. The molecule has 6 heteroatoms. The van der Waals surface area contributed by atoms with E-state index in [2.05, 4.69) is 10.6 Å². The zero-order chi connectivity index (χ0) is 15.8. The Bertz CT molecular complexity index is 698. The number of nitrogens with one attached hydrogen (secondary N) is 2. The molecule has 0 aliphatic rings. The average Bonchev–Trinajstić information content (AvgIpc) is 2.52. The van der Waals surface area contributed by atoms with Crippen molar-refractivity contribution in [1.29, 1.82) is 5.26 Å². The van der Waals surface area contributed by atoms with Crippen LogP contribution in [0.25, 0.3) is 0 Å². The van der Waals surface area contributed by atoms with Gasteiger partial charge in [-0.3, -0.25) is 4.79 Å². The number of amides is 1. The van der Waals surface area contributed by atoms with Crippen LogP contribution in [-0.2, 0) is 4.79 Å². The van der Waals surface area contributed by atoms with Gasteiger partial charge in [-0.1, -0.05) is 18.2 Å². The highest BCUT2D eigenvalue weighted by Crippen LogP contribution is 2.29. The molecule has 0 unspecified atom stereocenters. The minimum Gasteiger partial charge on any atom is -0.455 e. The number of ether oxygens (including phenoxy) is 1. The van der Waals surface area contributed by atoms with Gasteiger partial charge in [-0.05, 0) is 24.3 Å². The number of benzene rings is 2. The molecule has 112 valence electrons. The third-order valence-corrected chi connectivity index (χ3v) is 2.71. The minimum absolute atomic E-state index is 0.00516. The quantitative estimate of drug-likeness (QED) is 0.804. The Morgan fingerprint density at radius 1 is 1.23 bits per heavy atom. The molecular weight excluding hydrogens is 285 g/mol. The lowest BCUT2D eigenvalue weighted by molar-refractivity contribution is -0.119. The first-order chi connectivity index (χ1) is 10.7. The predicted molar refractivity (Wildman–Crippen MR) is 80.0 cm³/mol. The summed E-state index contributed by atoms with van der Waals surface area (Å²) in [5.74, 6) is 0.144. The molecule has 2 aromatic rings. The number of hydrogen-bond donors (Lipinski definition) is 2. The van der Waals surface area contributed by atoms with Crippen LogP contribution in [-0.4, -0.2) is 19.0 Å². The highest BCUT2D eigenvalue weighted by molar-refractivity contribution is 5.81. The molecular formula is C16H14FN3O2. The molecule has 0 aliphatic heterocycles. The van der Waals surface area contributed by atoms with Gasteiger partial charge in [-0.15, -0.1) is 0 Å². The van der Waals surface area contributed by atoms with Gasteiger partial charge in [0.2, 0.25) is 5.91 Å². The van der Waals surface area contributed by atoms with E-state index in [1.165, 1.54) is 12.1 Å². The number of nitriles is 1. The van der Waals surface area contributed by atoms with Crippen LogP contribution >= 0.6 is 0 Å². The highest BCUT2D eigenvalue weighted by Gasteiger charge is 2.07. The molecule has 0 saturated heterocycles. The van der Waals surface area contributed by atoms with Gasteiger partial charge >= 0.3 is 0 Å². The lowest BCUT2D eigenvalue weighted by atomic mass is 10.3. The molecule has 0 spiro atoms. The number of para-hydroxylation sites is 2. The van der Waals surface area contributed by atoms with E-state index in [0.29, 0.717) is 17.2 Å². The van der Waals surface area contributed by atoms with Gasteiger partial charge in [0.05, 0.1) is 18.3 Å². The number of carbonyl (C=O) groups excluding carboxylic acids is 1. The predicted octanol–water partition coefficient (Wildman–Crippen LogP) is 2.67. The van der Waals surface area contributed by atoms with E-state index in [4.69, 9.17) is 10.00 Å². The maximum atomic E-state index is 13.2. The molecule has 0 saturated carbocycles. The number of hydrogen-bond acceptors (Lipinski definition) is 4. The lowest BCUT2D eigenvalue weighted by Gasteiger charge is -2.12. The monoisotopic (exact) mass is 299 g/mol. The number of halogens is 1. The molecule has 0 bridgehead atoms. The van der Waals surface area contributed by atoms with Crippen molar-refractivity contribution in [3.63, 3.8) is 0 Å². The number of nitrogens with zero attached hydrogens (tertiary/aromatic N) is 1. The zero-order valence-electron chi connectivity index (χ0n) is 11.7. The summed E-state index contributed by atoms with van der Waals surface area (Å²) in [7, 11) is 0. The molecule has 2 aromatic carbocycles. The van der Waals surface area contributed by atoms with Crippen LogP contribution in [0.4, 0.5) is 10.1 Å². The summed E-state index contributed by atoms with van der Waals surface area (Å²) in [6, 6.07) is 14.6. The van der Waals surface area contributed by atoms with Crippen molar-refractivity contribution >= 4 is 11.6 Å². The van der Waals surface area contributed by atoms with Crippen LogP contribution in [0, 0.1) is 17.1 Å². The molecule has 22 heavy (non-hydrogen) atoms. The Morgan fingerprint density at radius 3 is 2.82 bits per heavy atom. The number of rotatable bonds is 6. The first-order valence-electron chi connectivity index (χ1n) is 6.59. The number of carbonyl (C=O) groups is 1. The fourth-order valence-electron chi connectivity index (χ4n) is 1.74. The van der Waals surface area contributed by atoms with Crippen molar-refractivity contribution < 1.29 is 13.9 Å². The summed E-state index contributed by atoms with van der Waals surface area (Å²) in [5, 5.41) is 13.7. The van der Waals surface area contributed by atoms with E-state index >= 15 is 0 Å². The van der Waals surface area contributed by atoms with Crippen LogP contribution < -0.4 is 15.4 Å². The van der Waals surface area contributed by atoms with Gasteiger partial charge in [-0.25, -0.2) is 4.39 Å². The van der Waals surface area contributed by atoms with Crippen LogP contribution in [0.5, 0.6) is 11.5 Å². The van der Waals surface area contributed by atoms with Crippen molar-refractivity contribution in [3.8, 4) is 17.6 Å². The average molecular weight is 299 g/mol. The maximum Gasteiger partial charge on any atom is 0.240 e. The Kier molecular flexibility index (Phi) is 5.32. The summed E-state index contributed by atoms with van der Waals surface area (Å²) in [5.41, 5.74) is 0.596. The molecule has 0 aromatic heterocycles. The van der Waals surface area contributed by atoms with Crippen molar-refractivity contribution in [3.05, 3.63) is 54.3 Å². The molecule has 0 atom stereocenters. The third-order valence-electron chi connectivity index (χ3n) is 2.71. The SMILES string of the molecule is N#CCNC(=O)CNc1ccccc1Oc1cccc(F)c1. The highest BCUT2D eigenvalue weighted by atomic mass is 19.1. The van der Waals surface area contributed by atoms with Crippen LogP contribution in [0.15, 0.2) is 48.5 Å². The second-order valence-electron chi connectivity index (χ2n) is 4.34. The molecule has 2 N–H and O–H groups in total. The Hall–Kier alpha value is -3.07. The molecule has 0 radical (unpaired) electrons. The van der Waals surface area contributed by atoms with E-state index in [9.17, 15) is 9.18 Å². The summed E-state index contributed by atoms with van der Waals surface area (Å²) < 4.78 is 18.8. The van der Waals surface area contributed by atoms with Crippen LogP contribution in [0.2, 0.25) is 0 Å². The molecule has 1 amide bonds. The molecule has 0 fully saturated rings. The molecule has 0 aliphatic carbocycles. The van der Waals surface area contributed by atoms with Crippen molar-refractivity contribution in [2.75, 3.05) is 18.4 Å². The Balaban J connectivity index is 2.04. The van der Waals surface area contributed by atoms with Crippen LogP contribution in [0.1, 0.15) is 0 Å². The van der Waals surface area contributed by atoms with E-state index in [1.54, 1.807) is 36.4 Å². The molecule has 2 rings (SSSR count). The van der Waals surface area contributed by atoms with E-state index in [-0.39, 0.29) is 24.8 Å². The molecule has 5 nitrogen and oxygen atoms in total. The summed E-state index contributed by atoms with van der Waals surface area (Å²) in [6.07, 6.45) is 0. The fraction of sp³-hybridized carbons (Fsp3) is 0.125. The van der Waals surface area contributed by atoms with Gasteiger partial charge in [0.25, 0.3) is 0 Å². The second-order valence-corrected chi connectivity index (χ2v) is 4.34. The van der Waals surface area contributed by atoms with Gasteiger partial charge in [-0.2, -0.15) is 5.26 Å². The summed E-state index contributed by atoms with van der Waals surface area (Å²) >= 11 is 0. The number of anilines is 1. The fourth-order valence-corrected chi connectivity index (χ4v) is 1.74. The third kappa shape index (κ3) is 4.49. The second kappa shape index (κ2) is 7.64. The van der Waals surface area contributed by atoms with Crippen LogP contribution in [0.3, 0.4) is 0 Å². The Labute approximate surface area is 127 Å². The van der Waals surface area contributed by atoms with Gasteiger partial charge < -0.3 is 15.4 Å². The maximum absolute atomic E-state index is 13.2. The first-order valence-corrected chi connectivity index (χ1v) is 6.59.